The van der Waals surface area contributed by atoms with Gasteiger partial charge in [-0.1, -0.05) is 12.1 Å². The minimum Gasteiger partial charge on any atom is -0.378 e. The Labute approximate surface area is 188 Å². The minimum atomic E-state index is -0.730. The van der Waals surface area contributed by atoms with Crippen LogP contribution in [-0.2, 0) is 9.59 Å². The molecule has 0 unspecified atom stereocenters. The van der Waals surface area contributed by atoms with Crippen molar-refractivity contribution < 1.29 is 18.9 Å². The Morgan fingerprint density at radius 1 is 0.909 bits per heavy atom. The number of imide groups is 1. The van der Waals surface area contributed by atoms with Crippen LogP contribution in [0.4, 0.5) is 27.1 Å². The molecule has 0 fully saturated rings. The Morgan fingerprint density at radius 2 is 1.55 bits per heavy atom. The first-order valence-corrected chi connectivity index (χ1v) is 9.94. The fourth-order valence-electron chi connectivity index (χ4n) is 3.50. The molecule has 1 aliphatic heterocycles. The zero-order valence-electron chi connectivity index (χ0n) is 17.8. The quantitative estimate of drug-likeness (QED) is 0.346. The van der Waals surface area contributed by atoms with Gasteiger partial charge < -0.3 is 10.2 Å². The molecule has 33 heavy (non-hydrogen) atoms. The van der Waals surface area contributed by atoms with Gasteiger partial charge in [-0.25, -0.2) is 9.29 Å². The summed E-state index contributed by atoms with van der Waals surface area (Å²) in [5.41, 5.74) is 1.40. The van der Waals surface area contributed by atoms with Crippen molar-refractivity contribution in [2.75, 3.05) is 29.2 Å². The lowest BCUT2D eigenvalue weighted by atomic mass is 10.0. The van der Waals surface area contributed by atoms with Crippen LogP contribution in [0.3, 0.4) is 0 Å². The maximum absolute atomic E-state index is 14.5. The van der Waals surface area contributed by atoms with E-state index in [9.17, 15) is 24.1 Å². The third-order valence-electron chi connectivity index (χ3n) is 5.20. The van der Waals surface area contributed by atoms with Crippen LogP contribution in [0.1, 0.15) is 5.56 Å². The maximum Gasteiger partial charge on any atom is 0.282 e. The van der Waals surface area contributed by atoms with Gasteiger partial charge in [0.15, 0.2) is 0 Å². The first kappa shape index (κ1) is 21.7. The molecule has 1 N–H and O–H groups in total. The number of nitrogens with one attached hydrogen (secondary N) is 1. The molecule has 8 nitrogen and oxygen atoms in total. The lowest BCUT2D eigenvalue weighted by Crippen LogP contribution is -2.33. The van der Waals surface area contributed by atoms with Crippen LogP contribution in [0.15, 0.2) is 78.5 Å². The van der Waals surface area contributed by atoms with Gasteiger partial charge in [-0.05, 0) is 54.1 Å². The monoisotopic (exact) mass is 446 g/mol. The Morgan fingerprint density at radius 3 is 2.12 bits per heavy atom. The van der Waals surface area contributed by atoms with E-state index in [1.165, 1.54) is 42.5 Å². The number of para-hydroxylation sites is 1. The number of anilines is 3. The molecule has 0 aliphatic carbocycles. The fraction of sp³-hybridized carbons (Fsp3) is 0.0833. The van der Waals surface area contributed by atoms with Gasteiger partial charge in [0.05, 0.1) is 16.2 Å². The Bertz CT molecular complexity index is 1280. The molecule has 0 saturated heterocycles. The van der Waals surface area contributed by atoms with Gasteiger partial charge >= 0.3 is 0 Å². The SMILES string of the molecule is CN(C)c1ccc(NC2=C(c3ccc([N+](=O)[O-])cc3)C(=O)N(c3ccccc3F)C2=O)cc1. The van der Waals surface area contributed by atoms with Crippen LogP contribution in [0.2, 0.25) is 0 Å². The molecule has 9 heteroatoms. The predicted octanol–water partition coefficient (Wildman–Crippen LogP) is 4.20. The van der Waals surface area contributed by atoms with E-state index < -0.39 is 22.6 Å². The number of non-ortho nitro benzene ring substituents is 1. The fourth-order valence-corrected chi connectivity index (χ4v) is 3.50. The second-order valence-corrected chi connectivity index (χ2v) is 7.52. The molecule has 0 atom stereocenters. The van der Waals surface area contributed by atoms with Crippen LogP contribution >= 0.6 is 0 Å². The second kappa shape index (κ2) is 8.54. The number of nitro groups is 1. The number of halogens is 1. The van der Waals surface area contributed by atoms with Gasteiger partial charge in [0.2, 0.25) is 0 Å². The number of carbonyl (C=O) groups excluding carboxylic acids is 2. The van der Waals surface area contributed by atoms with Crippen molar-refractivity contribution >= 4 is 40.1 Å². The Hall–Kier alpha value is -4.53. The van der Waals surface area contributed by atoms with E-state index in [0.717, 1.165) is 16.7 Å². The lowest BCUT2D eigenvalue weighted by Gasteiger charge is -2.16. The first-order valence-electron chi connectivity index (χ1n) is 9.94. The molecule has 0 saturated carbocycles. The number of nitro benzene ring substituents is 1. The number of nitrogens with zero attached hydrogens (tertiary/aromatic N) is 3. The van der Waals surface area contributed by atoms with Crippen LogP contribution < -0.4 is 15.1 Å². The molecule has 0 radical (unpaired) electrons. The third kappa shape index (κ3) is 4.03. The molecule has 1 heterocycles. The number of hydrogen-bond acceptors (Lipinski definition) is 6. The van der Waals surface area contributed by atoms with E-state index in [0.29, 0.717) is 11.3 Å². The maximum atomic E-state index is 14.5. The number of benzene rings is 3. The summed E-state index contributed by atoms with van der Waals surface area (Å²) in [4.78, 5) is 39.8. The molecule has 1 aliphatic rings. The largest absolute Gasteiger partial charge is 0.378 e. The summed E-state index contributed by atoms with van der Waals surface area (Å²) in [7, 11) is 3.78. The smallest absolute Gasteiger partial charge is 0.282 e. The highest BCUT2D eigenvalue weighted by Gasteiger charge is 2.41. The summed E-state index contributed by atoms with van der Waals surface area (Å²) in [5, 5.41) is 14.0. The van der Waals surface area contributed by atoms with Crippen LogP contribution in [0.25, 0.3) is 5.57 Å². The molecule has 3 aromatic rings. The summed E-state index contributed by atoms with van der Waals surface area (Å²) in [6, 6.07) is 17.9. The topological polar surface area (TPSA) is 95.8 Å². The van der Waals surface area contributed by atoms with E-state index in [2.05, 4.69) is 5.32 Å². The molecular weight excluding hydrogens is 427 g/mol. The summed E-state index contributed by atoms with van der Waals surface area (Å²) >= 11 is 0. The highest BCUT2D eigenvalue weighted by molar-refractivity contribution is 6.46. The van der Waals surface area contributed by atoms with Crippen molar-refractivity contribution in [3.05, 3.63) is 100.0 Å². The van der Waals surface area contributed by atoms with E-state index >= 15 is 0 Å². The van der Waals surface area contributed by atoms with Crippen molar-refractivity contribution in [2.24, 2.45) is 0 Å². The predicted molar refractivity (Wildman–Crippen MR) is 123 cm³/mol. The molecule has 0 aromatic heterocycles. The zero-order valence-corrected chi connectivity index (χ0v) is 17.8. The standard InChI is InChI=1S/C24H19FN4O4/c1-27(2)17-13-9-16(10-14-17)26-22-21(15-7-11-18(12-8-15)29(32)33)23(30)28(24(22)31)20-6-4-3-5-19(20)25/h3-14,26H,1-2H3. The van der Waals surface area contributed by atoms with Gasteiger partial charge in [0.25, 0.3) is 17.5 Å². The summed E-state index contributed by atoms with van der Waals surface area (Å²) in [6.45, 7) is 0. The minimum absolute atomic E-state index is 0.00478. The van der Waals surface area contributed by atoms with E-state index in [1.807, 2.05) is 31.1 Å². The van der Waals surface area contributed by atoms with Crippen LogP contribution in [0, 0.1) is 15.9 Å². The zero-order chi connectivity index (χ0) is 23.7. The van der Waals surface area contributed by atoms with Crippen molar-refractivity contribution in [3.63, 3.8) is 0 Å². The number of amides is 2. The van der Waals surface area contributed by atoms with Crippen molar-refractivity contribution in [1.29, 1.82) is 0 Å². The van der Waals surface area contributed by atoms with E-state index in [4.69, 9.17) is 0 Å². The van der Waals surface area contributed by atoms with Gasteiger partial charge in [0.1, 0.15) is 11.5 Å². The Balaban J connectivity index is 1.80. The van der Waals surface area contributed by atoms with Gasteiger partial charge in [-0.3, -0.25) is 19.7 Å². The molecule has 3 aromatic carbocycles. The van der Waals surface area contributed by atoms with Gasteiger partial charge in [-0.2, -0.15) is 0 Å². The summed E-state index contributed by atoms with van der Waals surface area (Å²) < 4.78 is 14.5. The normalized spacial score (nSPS) is 13.5. The van der Waals surface area contributed by atoms with Crippen molar-refractivity contribution in [1.82, 2.24) is 0 Å². The van der Waals surface area contributed by atoms with Gasteiger partial charge in [-0.15, -0.1) is 0 Å². The summed E-state index contributed by atoms with van der Waals surface area (Å²) in [6.07, 6.45) is 0. The molecule has 2 amide bonds. The van der Waals surface area contributed by atoms with E-state index in [1.54, 1.807) is 12.1 Å². The second-order valence-electron chi connectivity index (χ2n) is 7.52. The molecule has 166 valence electrons. The average Bonchev–Trinajstić information content (AvgIpc) is 3.04. The molecule has 4 rings (SSSR count). The third-order valence-corrected chi connectivity index (χ3v) is 5.20. The molecular formula is C24H19FN4O4. The van der Waals surface area contributed by atoms with E-state index in [-0.39, 0.29) is 22.6 Å². The lowest BCUT2D eigenvalue weighted by molar-refractivity contribution is -0.384. The highest BCUT2D eigenvalue weighted by atomic mass is 19.1. The average molecular weight is 446 g/mol. The molecule has 0 bridgehead atoms. The first-order chi connectivity index (χ1) is 15.8. The van der Waals surface area contributed by atoms with Crippen molar-refractivity contribution in [3.8, 4) is 0 Å². The highest BCUT2D eigenvalue weighted by Crippen LogP contribution is 2.35. The van der Waals surface area contributed by atoms with Crippen molar-refractivity contribution in [2.45, 2.75) is 0 Å². The number of carbonyl (C=O) groups is 2. The molecule has 0 spiro atoms. The summed E-state index contributed by atoms with van der Waals surface area (Å²) in [5.74, 6) is -2.18. The Kier molecular flexibility index (Phi) is 5.61. The van der Waals surface area contributed by atoms with Crippen LogP contribution in [0.5, 0.6) is 0 Å². The number of rotatable bonds is 6. The van der Waals surface area contributed by atoms with Crippen LogP contribution in [-0.4, -0.2) is 30.8 Å². The number of hydrogen-bond donors (Lipinski definition) is 1. The van der Waals surface area contributed by atoms with Gasteiger partial charge in [0, 0.05) is 37.6 Å².